The number of aromatic nitrogens is 3. The molecule has 0 bridgehead atoms. The second-order valence-electron chi connectivity index (χ2n) is 7.55. The van der Waals surface area contributed by atoms with Crippen LogP contribution < -0.4 is 5.32 Å². The van der Waals surface area contributed by atoms with Gasteiger partial charge in [0.05, 0.1) is 17.3 Å². The molecule has 7 nitrogen and oxygen atoms in total. The molecule has 0 spiro atoms. The van der Waals surface area contributed by atoms with Crippen LogP contribution in [-0.4, -0.2) is 26.6 Å². The van der Waals surface area contributed by atoms with Crippen LogP contribution in [0.4, 0.5) is 0 Å². The average molecular weight is 461 g/mol. The molecule has 0 unspecified atom stereocenters. The van der Waals surface area contributed by atoms with Crippen molar-refractivity contribution in [2.75, 3.05) is 0 Å². The summed E-state index contributed by atoms with van der Waals surface area (Å²) < 4.78 is 6.10. The summed E-state index contributed by atoms with van der Waals surface area (Å²) in [6.45, 7) is 3.60. The zero-order chi connectivity index (χ0) is 23.4. The van der Waals surface area contributed by atoms with Gasteiger partial charge in [-0.3, -0.25) is 19.6 Å². The second-order valence-corrected chi connectivity index (χ2v) is 7.96. The highest BCUT2D eigenvalue weighted by atomic mass is 35.5. The van der Waals surface area contributed by atoms with E-state index < -0.39 is 5.91 Å². The Hall–Kier alpha value is -3.84. The molecule has 3 heterocycles. The zero-order valence-electron chi connectivity index (χ0n) is 18.1. The van der Waals surface area contributed by atoms with E-state index in [0.717, 1.165) is 5.56 Å². The Balaban J connectivity index is 1.75. The summed E-state index contributed by atoms with van der Waals surface area (Å²) >= 11 is 6.40. The molecule has 8 heteroatoms. The Morgan fingerprint density at radius 3 is 2.55 bits per heavy atom. The van der Waals surface area contributed by atoms with Crippen LogP contribution in [0.1, 0.15) is 34.4 Å². The average Bonchev–Trinajstić information content (AvgIpc) is 3.24. The molecule has 0 fully saturated rings. The lowest BCUT2D eigenvalue weighted by molar-refractivity contribution is -0.116. The first-order valence-corrected chi connectivity index (χ1v) is 10.7. The van der Waals surface area contributed by atoms with Gasteiger partial charge >= 0.3 is 0 Å². The van der Waals surface area contributed by atoms with E-state index in [1.165, 1.54) is 6.92 Å². The molecule has 33 heavy (non-hydrogen) atoms. The molecule has 3 aromatic heterocycles. The predicted octanol–water partition coefficient (Wildman–Crippen LogP) is 4.82. The molecule has 0 atom stereocenters. The Bertz CT molecular complexity index is 1320. The summed E-state index contributed by atoms with van der Waals surface area (Å²) in [6, 6.07) is 14.3. The number of aryl methyl sites for hydroxylation is 1. The summed E-state index contributed by atoms with van der Waals surface area (Å²) in [5.41, 5.74) is 3.43. The van der Waals surface area contributed by atoms with Gasteiger partial charge in [-0.25, -0.2) is 4.98 Å². The van der Waals surface area contributed by atoms with E-state index in [2.05, 4.69) is 20.3 Å². The molecular weight excluding hydrogens is 440 g/mol. The molecule has 1 aromatic carbocycles. The van der Waals surface area contributed by atoms with Crippen molar-refractivity contribution in [1.82, 2.24) is 20.3 Å². The highest BCUT2D eigenvalue weighted by Gasteiger charge is 2.24. The number of oxazole rings is 1. The standard InChI is InChI=1S/C25H21ClN4O3/c1-15-13-28-18(11-16(2)31)12-20(15)25-30-22(23(33-25)19-8-3-4-9-21(19)26)24(32)29-14-17-7-5-6-10-27-17/h3-10,12-13H,11,14H2,1-2H3,(H,29,32). The first kappa shape index (κ1) is 22.4. The SMILES string of the molecule is CC(=O)Cc1cc(-c2nc(C(=O)NCc3ccccn3)c(-c3ccccc3Cl)o2)c(C)cn1. The topological polar surface area (TPSA) is 98.0 Å². The molecule has 4 rings (SSSR count). The lowest BCUT2D eigenvalue weighted by atomic mass is 10.1. The van der Waals surface area contributed by atoms with E-state index in [1.54, 1.807) is 36.7 Å². The van der Waals surface area contributed by atoms with Crippen molar-refractivity contribution >= 4 is 23.3 Å². The van der Waals surface area contributed by atoms with Gasteiger partial charge in [0, 0.05) is 35.6 Å². The van der Waals surface area contributed by atoms with E-state index >= 15 is 0 Å². The summed E-state index contributed by atoms with van der Waals surface area (Å²) in [5.74, 6) is 0.0911. The number of Topliss-reactive ketones (excluding diaryl/α,β-unsaturated/α-hetero) is 1. The molecule has 0 aliphatic heterocycles. The van der Waals surface area contributed by atoms with Crippen molar-refractivity contribution in [3.05, 3.63) is 88.6 Å². The van der Waals surface area contributed by atoms with Crippen molar-refractivity contribution in [3.63, 3.8) is 0 Å². The second kappa shape index (κ2) is 9.75. The number of carbonyl (C=O) groups is 2. The van der Waals surface area contributed by atoms with Gasteiger partial charge in [-0.1, -0.05) is 29.8 Å². The number of hydrogen-bond donors (Lipinski definition) is 1. The first-order chi connectivity index (χ1) is 15.9. The smallest absolute Gasteiger partial charge is 0.274 e. The largest absolute Gasteiger partial charge is 0.435 e. The van der Waals surface area contributed by atoms with Crippen LogP contribution in [0.2, 0.25) is 5.02 Å². The number of nitrogens with one attached hydrogen (secondary N) is 1. The van der Waals surface area contributed by atoms with Gasteiger partial charge in [-0.15, -0.1) is 0 Å². The molecular formula is C25H21ClN4O3. The Morgan fingerprint density at radius 1 is 1.03 bits per heavy atom. The minimum atomic E-state index is -0.416. The highest BCUT2D eigenvalue weighted by molar-refractivity contribution is 6.33. The number of ketones is 1. The number of amides is 1. The van der Waals surface area contributed by atoms with Gasteiger partial charge in [0.15, 0.2) is 11.5 Å². The minimum absolute atomic E-state index is 0.00366. The Labute approximate surface area is 195 Å². The molecule has 0 aliphatic rings. The minimum Gasteiger partial charge on any atom is -0.435 e. The fourth-order valence-electron chi connectivity index (χ4n) is 3.32. The number of pyridine rings is 2. The molecule has 0 radical (unpaired) electrons. The van der Waals surface area contributed by atoms with Crippen molar-refractivity contribution in [2.24, 2.45) is 0 Å². The fourth-order valence-corrected chi connectivity index (χ4v) is 3.55. The van der Waals surface area contributed by atoms with Crippen LogP contribution in [0.15, 0.2) is 65.3 Å². The summed E-state index contributed by atoms with van der Waals surface area (Å²) in [7, 11) is 0. The predicted molar refractivity (Wildman–Crippen MR) is 125 cm³/mol. The third kappa shape index (κ3) is 5.15. The van der Waals surface area contributed by atoms with Gasteiger partial charge in [0.1, 0.15) is 5.78 Å². The third-order valence-electron chi connectivity index (χ3n) is 4.94. The molecule has 1 N–H and O–H groups in total. The molecule has 166 valence electrons. The van der Waals surface area contributed by atoms with Crippen LogP contribution in [0, 0.1) is 6.92 Å². The maximum atomic E-state index is 13.1. The Morgan fingerprint density at radius 2 is 1.82 bits per heavy atom. The molecule has 0 saturated heterocycles. The summed E-state index contributed by atoms with van der Waals surface area (Å²) in [5, 5.41) is 3.27. The highest BCUT2D eigenvalue weighted by Crippen LogP contribution is 2.35. The van der Waals surface area contributed by atoms with E-state index in [1.807, 2.05) is 31.2 Å². The molecule has 4 aromatic rings. The number of rotatable bonds is 7. The van der Waals surface area contributed by atoms with Gasteiger partial charge in [0.25, 0.3) is 5.91 Å². The van der Waals surface area contributed by atoms with Crippen LogP contribution in [0.5, 0.6) is 0 Å². The number of nitrogens with zero attached hydrogens (tertiary/aromatic N) is 3. The number of halogens is 1. The van der Waals surface area contributed by atoms with E-state index in [9.17, 15) is 9.59 Å². The van der Waals surface area contributed by atoms with Crippen molar-refractivity contribution in [1.29, 1.82) is 0 Å². The normalized spacial score (nSPS) is 10.8. The maximum absolute atomic E-state index is 13.1. The summed E-state index contributed by atoms with van der Waals surface area (Å²) in [4.78, 5) is 37.7. The third-order valence-corrected chi connectivity index (χ3v) is 5.27. The number of benzene rings is 1. The number of carbonyl (C=O) groups excluding carboxylic acids is 2. The van der Waals surface area contributed by atoms with Crippen LogP contribution in [0.3, 0.4) is 0 Å². The first-order valence-electron chi connectivity index (χ1n) is 10.3. The van der Waals surface area contributed by atoms with Gasteiger partial charge in [-0.05, 0) is 49.7 Å². The summed E-state index contributed by atoms with van der Waals surface area (Å²) in [6.07, 6.45) is 3.52. The van der Waals surface area contributed by atoms with Crippen molar-refractivity contribution in [2.45, 2.75) is 26.8 Å². The van der Waals surface area contributed by atoms with E-state index in [0.29, 0.717) is 27.5 Å². The fraction of sp³-hybridized carbons (Fsp3) is 0.160. The van der Waals surface area contributed by atoms with Crippen LogP contribution in [-0.2, 0) is 17.8 Å². The van der Waals surface area contributed by atoms with E-state index in [-0.39, 0.29) is 36.1 Å². The number of hydrogen-bond acceptors (Lipinski definition) is 6. The van der Waals surface area contributed by atoms with Crippen molar-refractivity contribution in [3.8, 4) is 22.8 Å². The van der Waals surface area contributed by atoms with Crippen molar-refractivity contribution < 1.29 is 14.0 Å². The monoisotopic (exact) mass is 460 g/mol. The maximum Gasteiger partial charge on any atom is 0.274 e. The molecule has 0 saturated carbocycles. The van der Waals surface area contributed by atoms with Gasteiger partial charge in [0.2, 0.25) is 5.89 Å². The van der Waals surface area contributed by atoms with Crippen LogP contribution in [0.25, 0.3) is 22.8 Å². The van der Waals surface area contributed by atoms with E-state index in [4.69, 9.17) is 16.0 Å². The molecule has 0 aliphatic carbocycles. The van der Waals surface area contributed by atoms with Gasteiger partial charge in [-0.2, -0.15) is 0 Å². The lowest BCUT2D eigenvalue weighted by Gasteiger charge is -2.05. The lowest BCUT2D eigenvalue weighted by Crippen LogP contribution is -2.24. The molecule has 1 amide bonds. The Kier molecular flexibility index (Phi) is 6.60. The van der Waals surface area contributed by atoms with Crippen LogP contribution >= 0.6 is 11.6 Å². The zero-order valence-corrected chi connectivity index (χ0v) is 18.9. The van der Waals surface area contributed by atoms with Gasteiger partial charge < -0.3 is 9.73 Å². The quantitative estimate of drug-likeness (QED) is 0.424.